The molecule has 2 aromatic rings. The van der Waals surface area contributed by atoms with E-state index in [-0.39, 0.29) is 6.04 Å². The van der Waals surface area contributed by atoms with E-state index >= 15 is 0 Å². The fraction of sp³-hybridized carbons (Fsp3) is 0.375. The molecule has 0 bridgehead atoms. The van der Waals surface area contributed by atoms with Crippen LogP contribution in [0.3, 0.4) is 0 Å². The van der Waals surface area contributed by atoms with Crippen molar-refractivity contribution in [3.63, 3.8) is 0 Å². The number of hydrogen-bond acceptors (Lipinski definition) is 2. The lowest BCUT2D eigenvalue weighted by atomic mass is 9.92. The van der Waals surface area contributed by atoms with Crippen molar-refractivity contribution < 1.29 is 4.42 Å². The van der Waals surface area contributed by atoms with Crippen LogP contribution in [0.2, 0.25) is 0 Å². The molecule has 2 heteroatoms. The predicted molar refractivity (Wildman–Crippen MR) is 75.0 cm³/mol. The van der Waals surface area contributed by atoms with Crippen molar-refractivity contribution in [3.8, 4) is 0 Å². The molecule has 96 valence electrons. The number of benzene rings is 1. The Labute approximate surface area is 109 Å². The third kappa shape index (κ3) is 2.21. The number of rotatable bonds is 3. The first-order valence-electron chi connectivity index (χ1n) is 6.33. The molecule has 2 nitrogen and oxygen atoms in total. The van der Waals surface area contributed by atoms with Gasteiger partial charge in [-0.25, -0.2) is 0 Å². The van der Waals surface area contributed by atoms with E-state index in [1.807, 2.05) is 20.0 Å². The van der Waals surface area contributed by atoms with Gasteiger partial charge in [0.2, 0.25) is 0 Å². The summed E-state index contributed by atoms with van der Waals surface area (Å²) in [5.41, 5.74) is 6.53. The van der Waals surface area contributed by atoms with Gasteiger partial charge in [0, 0.05) is 5.56 Å². The van der Waals surface area contributed by atoms with E-state index in [2.05, 4.69) is 38.2 Å². The summed E-state index contributed by atoms with van der Waals surface area (Å²) in [6.07, 6.45) is 1.76. The van der Waals surface area contributed by atoms with Crippen molar-refractivity contribution in [3.05, 3.63) is 58.0 Å². The molecule has 0 saturated carbocycles. The van der Waals surface area contributed by atoms with Gasteiger partial charge in [0.15, 0.2) is 0 Å². The molecule has 0 aliphatic carbocycles. The van der Waals surface area contributed by atoms with Crippen molar-refractivity contribution in [1.29, 1.82) is 0 Å². The summed E-state index contributed by atoms with van der Waals surface area (Å²) in [7, 11) is 1.99. The zero-order chi connectivity index (χ0) is 13.3. The van der Waals surface area contributed by atoms with E-state index in [0.717, 1.165) is 5.76 Å². The molecule has 0 aliphatic rings. The van der Waals surface area contributed by atoms with Crippen LogP contribution in [0.1, 0.15) is 39.6 Å². The summed E-state index contributed by atoms with van der Waals surface area (Å²) in [5.74, 6) is 0.979. The first-order chi connectivity index (χ1) is 8.54. The Kier molecular flexibility index (Phi) is 3.58. The van der Waals surface area contributed by atoms with Gasteiger partial charge >= 0.3 is 0 Å². The van der Waals surface area contributed by atoms with E-state index in [0.29, 0.717) is 0 Å². The molecule has 1 N–H and O–H groups in total. The van der Waals surface area contributed by atoms with Crippen LogP contribution in [-0.2, 0) is 0 Å². The van der Waals surface area contributed by atoms with E-state index < -0.39 is 0 Å². The smallest absolute Gasteiger partial charge is 0.105 e. The third-order valence-corrected chi connectivity index (χ3v) is 3.69. The molecule has 1 aromatic heterocycles. The van der Waals surface area contributed by atoms with Gasteiger partial charge in [-0.1, -0.05) is 12.1 Å². The standard InChI is InChI=1S/C16H21NO/c1-10-8-12(3)15(9-11(10)2)16(17-5)14-6-7-18-13(14)4/h6-9,16-17H,1-5H3. The molecular formula is C16H21NO. The maximum atomic E-state index is 5.42. The Bertz CT molecular complexity index is 554. The van der Waals surface area contributed by atoms with Gasteiger partial charge in [0.25, 0.3) is 0 Å². The summed E-state index contributed by atoms with van der Waals surface area (Å²) < 4.78 is 5.42. The summed E-state index contributed by atoms with van der Waals surface area (Å²) in [4.78, 5) is 0. The number of aryl methyl sites for hydroxylation is 4. The highest BCUT2D eigenvalue weighted by molar-refractivity contribution is 5.42. The lowest BCUT2D eigenvalue weighted by molar-refractivity contribution is 0.523. The highest BCUT2D eigenvalue weighted by Gasteiger charge is 2.18. The normalized spacial score (nSPS) is 12.7. The highest BCUT2D eigenvalue weighted by Crippen LogP contribution is 2.29. The van der Waals surface area contributed by atoms with Crippen LogP contribution in [-0.4, -0.2) is 7.05 Å². The molecule has 1 heterocycles. The predicted octanol–water partition coefficient (Wildman–Crippen LogP) is 3.82. The topological polar surface area (TPSA) is 25.2 Å². The van der Waals surface area contributed by atoms with Gasteiger partial charge in [-0.3, -0.25) is 0 Å². The van der Waals surface area contributed by atoms with E-state index in [1.54, 1.807) is 6.26 Å². The summed E-state index contributed by atoms with van der Waals surface area (Å²) in [6.45, 7) is 8.49. The van der Waals surface area contributed by atoms with Crippen molar-refractivity contribution in [2.75, 3.05) is 7.05 Å². The number of hydrogen-bond donors (Lipinski definition) is 1. The molecule has 18 heavy (non-hydrogen) atoms. The van der Waals surface area contributed by atoms with Crippen molar-refractivity contribution >= 4 is 0 Å². The van der Waals surface area contributed by atoms with Crippen LogP contribution in [0.5, 0.6) is 0 Å². The quantitative estimate of drug-likeness (QED) is 0.886. The SMILES string of the molecule is CNC(c1cc(C)c(C)cc1C)c1ccoc1C. The number of furan rings is 1. The Morgan fingerprint density at radius 3 is 2.17 bits per heavy atom. The van der Waals surface area contributed by atoms with Gasteiger partial charge in [-0.2, -0.15) is 0 Å². The highest BCUT2D eigenvalue weighted by atomic mass is 16.3. The van der Waals surface area contributed by atoms with E-state index in [1.165, 1.54) is 27.8 Å². The van der Waals surface area contributed by atoms with Crippen LogP contribution in [0.15, 0.2) is 28.9 Å². The Morgan fingerprint density at radius 2 is 1.61 bits per heavy atom. The molecule has 1 aromatic carbocycles. The van der Waals surface area contributed by atoms with Gasteiger partial charge < -0.3 is 9.73 Å². The lowest BCUT2D eigenvalue weighted by Gasteiger charge is -2.20. The first kappa shape index (κ1) is 12.9. The average Bonchev–Trinajstić information content (AvgIpc) is 2.73. The molecule has 1 unspecified atom stereocenters. The molecule has 0 fully saturated rings. The molecule has 2 rings (SSSR count). The molecular weight excluding hydrogens is 222 g/mol. The third-order valence-electron chi connectivity index (χ3n) is 3.69. The Hall–Kier alpha value is -1.54. The van der Waals surface area contributed by atoms with Crippen LogP contribution in [0.25, 0.3) is 0 Å². The van der Waals surface area contributed by atoms with Crippen molar-refractivity contribution in [1.82, 2.24) is 5.32 Å². The van der Waals surface area contributed by atoms with Gasteiger partial charge in [0.1, 0.15) is 5.76 Å². The zero-order valence-corrected chi connectivity index (χ0v) is 11.8. The Balaban J connectivity index is 2.52. The number of nitrogens with one attached hydrogen (secondary N) is 1. The second-order valence-electron chi connectivity index (χ2n) is 4.95. The van der Waals surface area contributed by atoms with Crippen molar-refractivity contribution in [2.45, 2.75) is 33.7 Å². The fourth-order valence-electron chi connectivity index (χ4n) is 2.47. The minimum absolute atomic E-state index is 0.197. The minimum Gasteiger partial charge on any atom is -0.469 e. The summed E-state index contributed by atoms with van der Waals surface area (Å²) in [5, 5.41) is 3.39. The molecule has 0 amide bonds. The van der Waals surface area contributed by atoms with Gasteiger partial charge in [-0.05, 0) is 63.1 Å². The second kappa shape index (κ2) is 4.99. The van der Waals surface area contributed by atoms with Crippen LogP contribution in [0.4, 0.5) is 0 Å². The molecule has 0 radical (unpaired) electrons. The average molecular weight is 243 g/mol. The van der Waals surface area contributed by atoms with Gasteiger partial charge in [0.05, 0.1) is 12.3 Å². The minimum atomic E-state index is 0.197. The second-order valence-corrected chi connectivity index (χ2v) is 4.95. The van der Waals surface area contributed by atoms with Crippen LogP contribution < -0.4 is 5.32 Å². The van der Waals surface area contributed by atoms with E-state index in [4.69, 9.17) is 4.42 Å². The van der Waals surface area contributed by atoms with Crippen LogP contribution >= 0.6 is 0 Å². The molecule has 0 spiro atoms. The van der Waals surface area contributed by atoms with Crippen LogP contribution in [0, 0.1) is 27.7 Å². The summed E-state index contributed by atoms with van der Waals surface area (Å²) >= 11 is 0. The largest absolute Gasteiger partial charge is 0.469 e. The summed E-state index contributed by atoms with van der Waals surface area (Å²) in [6, 6.07) is 6.77. The Morgan fingerprint density at radius 1 is 0.944 bits per heavy atom. The monoisotopic (exact) mass is 243 g/mol. The molecule has 0 saturated heterocycles. The van der Waals surface area contributed by atoms with E-state index in [9.17, 15) is 0 Å². The fourth-order valence-corrected chi connectivity index (χ4v) is 2.47. The lowest BCUT2D eigenvalue weighted by Crippen LogP contribution is -2.19. The first-order valence-corrected chi connectivity index (χ1v) is 6.33. The maximum absolute atomic E-state index is 5.42. The van der Waals surface area contributed by atoms with Gasteiger partial charge in [-0.15, -0.1) is 0 Å². The molecule has 1 atom stereocenters. The molecule has 0 aliphatic heterocycles. The van der Waals surface area contributed by atoms with Crippen molar-refractivity contribution in [2.24, 2.45) is 0 Å². The zero-order valence-electron chi connectivity index (χ0n) is 11.8. The maximum Gasteiger partial charge on any atom is 0.105 e.